The van der Waals surface area contributed by atoms with Gasteiger partial charge < -0.3 is 15.6 Å². The first-order valence-electron chi connectivity index (χ1n) is 13.6. The van der Waals surface area contributed by atoms with Crippen molar-refractivity contribution in [2.75, 3.05) is 0 Å². The smallest absolute Gasteiger partial charge is 0.303 e. The average molecular weight is 476 g/mol. The fourth-order valence-corrected chi connectivity index (χ4v) is 9.48. The van der Waals surface area contributed by atoms with E-state index in [1.807, 2.05) is 0 Å². The van der Waals surface area contributed by atoms with Gasteiger partial charge in [0.15, 0.2) is 0 Å². The van der Waals surface area contributed by atoms with Crippen molar-refractivity contribution < 1.29 is 24.2 Å². The summed E-state index contributed by atoms with van der Waals surface area (Å²) in [6.45, 7) is 10.5. The van der Waals surface area contributed by atoms with E-state index < -0.39 is 11.5 Å². The topological polar surface area (TPSA) is 107 Å². The Labute approximate surface area is 204 Å². The standard InChI is InChI=1S/C28H45NO5/c1-6-19-22-15-18(34-17(3)30)9-12-26(22,4)20-10-13-27(5)21(24(20)25(19)33)11-14-28(27,29)16(2)7-8-23(31)32/h16,18-22,24H,6-15,29H2,1-5H3,(H,31,32)/t16-,18-,19+,20?,21?,22+,24?,26?,27+,28+/m1/s1. The van der Waals surface area contributed by atoms with Crippen LogP contribution in [0.1, 0.15) is 98.8 Å². The molecule has 4 saturated carbocycles. The Morgan fingerprint density at radius 2 is 1.79 bits per heavy atom. The van der Waals surface area contributed by atoms with Crippen LogP contribution in [0.15, 0.2) is 0 Å². The summed E-state index contributed by atoms with van der Waals surface area (Å²) in [7, 11) is 0. The maximum absolute atomic E-state index is 14.2. The van der Waals surface area contributed by atoms with Gasteiger partial charge >= 0.3 is 11.9 Å². The SMILES string of the molecule is CC[C@@H]1C(=O)C2C(CC[C@@]3(C)C2CC[C@]3(N)[C@H](C)CCC(=O)O)C2(C)CC[C@@H](OC(C)=O)C[C@@H]12. The minimum atomic E-state index is -0.768. The summed E-state index contributed by atoms with van der Waals surface area (Å²) in [5.41, 5.74) is 6.71. The predicted octanol–water partition coefficient (Wildman–Crippen LogP) is 4.97. The van der Waals surface area contributed by atoms with Gasteiger partial charge in [-0.2, -0.15) is 0 Å². The number of hydrogen-bond acceptors (Lipinski definition) is 5. The monoisotopic (exact) mass is 475 g/mol. The first kappa shape index (κ1) is 25.7. The maximum Gasteiger partial charge on any atom is 0.303 e. The van der Waals surface area contributed by atoms with Crippen molar-refractivity contribution in [1.29, 1.82) is 0 Å². The highest BCUT2D eigenvalue weighted by atomic mass is 16.5. The number of ether oxygens (including phenoxy) is 1. The minimum Gasteiger partial charge on any atom is -0.481 e. The Bertz CT molecular complexity index is 843. The largest absolute Gasteiger partial charge is 0.481 e. The number of fused-ring (bicyclic) bond motifs is 5. The summed E-state index contributed by atoms with van der Waals surface area (Å²) < 4.78 is 5.62. The summed E-state index contributed by atoms with van der Waals surface area (Å²) >= 11 is 0. The number of carboxylic acid groups (broad SMARTS) is 1. The lowest BCUT2D eigenvalue weighted by Crippen LogP contribution is -2.64. The number of carbonyl (C=O) groups excluding carboxylic acids is 2. The molecule has 34 heavy (non-hydrogen) atoms. The van der Waals surface area contributed by atoms with E-state index in [9.17, 15) is 19.5 Å². The second-order valence-corrected chi connectivity index (χ2v) is 12.6. The van der Waals surface area contributed by atoms with Crippen LogP contribution in [0.2, 0.25) is 0 Å². The molecule has 0 radical (unpaired) electrons. The molecule has 0 aliphatic heterocycles. The summed E-state index contributed by atoms with van der Waals surface area (Å²) in [4.78, 5) is 37.0. The van der Waals surface area contributed by atoms with Gasteiger partial charge in [-0.25, -0.2) is 0 Å². The van der Waals surface area contributed by atoms with Gasteiger partial charge in [-0.1, -0.05) is 27.7 Å². The van der Waals surface area contributed by atoms with E-state index in [1.54, 1.807) is 0 Å². The molecule has 0 aromatic rings. The number of carboxylic acids is 1. The molecule has 6 nitrogen and oxygen atoms in total. The lowest BCUT2D eigenvalue weighted by atomic mass is 9.41. The van der Waals surface area contributed by atoms with Crippen LogP contribution in [0.3, 0.4) is 0 Å². The molecule has 6 heteroatoms. The lowest BCUT2D eigenvalue weighted by molar-refractivity contribution is -0.179. The highest BCUT2D eigenvalue weighted by Crippen LogP contribution is 2.69. The zero-order chi connectivity index (χ0) is 25.1. The molecule has 0 bridgehead atoms. The van der Waals surface area contributed by atoms with Gasteiger partial charge in [0.25, 0.3) is 0 Å². The van der Waals surface area contributed by atoms with Crippen molar-refractivity contribution in [3.63, 3.8) is 0 Å². The number of Topliss-reactive ketones (excluding diaryl/α,β-unsaturated/α-hetero) is 1. The van der Waals surface area contributed by atoms with Crippen LogP contribution < -0.4 is 5.73 Å². The molecule has 4 rings (SSSR count). The number of nitrogens with two attached hydrogens (primary N) is 1. The Morgan fingerprint density at radius 3 is 2.41 bits per heavy atom. The van der Waals surface area contributed by atoms with Crippen molar-refractivity contribution in [1.82, 2.24) is 0 Å². The fourth-order valence-electron chi connectivity index (χ4n) is 9.48. The third kappa shape index (κ3) is 3.74. The molecule has 0 amide bonds. The molecule has 0 aromatic heterocycles. The maximum atomic E-state index is 14.2. The zero-order valence-corrected chi connectivity index (χ0v) is 21.8. The van der Waals surface area contributed by atoms with Crippen LogP contribution >= 0.6 is 0 Å². The molecule has 0 heterocycles. The third-order valence-corrected chi connectivity index (χ3v) is 11.4. The Balaban J connectivity index is 1.63. The molecule has 0 saturated heterocycles. The molecule has 3 N–H and O–H groups in total. The highest BCUT2D eigenvalue weighted by molar-refractivity contribution is 5.86. The number of aliphatic carboxylic acids is 1. The zero-order valence-electron chi connectivity index (χ0n) is 21.8. The molecule has 0 aromatic carbocycles. The van der Waals surface area contributed by atoms with Crippen molar-refractivity contribution in [3.05, 3.63) is 0 Å². The van der Waals surface area contributed by atoms with E-state index in [0.717, 1.165) is 51.4 Å². The van der Waals surface area contributed by atoms with E-state index in [0.29, 0.717) is 18.1 Å². The number of ketones is 1. The first-order valence-corrected chi connectivity index (χ1v) is 13.6. The second kappa shape index (κ2) is 8.90. The highest BCUT2D eigenvalue weighted by Gasteiger charge is 2.68. The van der Waals surface area contributed by atoms with Gasteiger partial charge in [-0.15, -0.1) is 0 Å². The van der Waals surface area contributed by atoms with Gasteiger partial charge in [0.05, 0.1) is 0 Å². The van der Waals surface area contributed by atoms with E-state index in [-0.39, 0.29) is 58.9 Å². The normalized spacial score (nSPS) is 46.7. The van der Waals surface area contributed by atoms with Gasteiger partial charge in [-0.3, -0.25) is 14.4 Å². The summed E-state index contributed by atoms with van der Waals surface area (Å²) in [6, 6.07) is 0. The minimum absolute atomic E-state index is 0.0177. The predicted molar refractivity (Wildman–Crippen MR) is 130 cm³/mol. The van der Waals surface area contributed by atoms with Gasteiger partial charge in [0.2, 0.25) is 0 Å². The van der Waals surface area contributed by atoms with E-state index >= 15 is 0 Å². The Hall–Kier alpha value is -1.43. The van der Waals surface area contributed by atoms with Gasteiger partial charge in [0.1, 0.15) is 11.9 Å². The van der Waals surface area contributed by atoms with E-state index in [2.05, 4.69) is 27.7 Å². The molecule has 4 aliphatic carbocycles. The molecule has 0 spiro atoms. The number of rotatable bonds is 6. The molecular weight excluding hydrogens is 430 g/mol. The van der Waals surface area contributed by atoms with Crippen LogP contribution in [0.4, 0.5) is 0 Å². The van der Waals surface area contributed by atoms with Crippen molar-refractivity contribution in [3.8, 4) is 0 Å². The second-order valence-electron chi connectivity index (χ2n) is 12.6. The average Bonchev–Trinajstić information content (AvgIpc) is 3.05. The Morgan fingerprint density at radius 1 is 1.12 bits per heavy atom. The lowest BCUT2D eigenvalue weighted by Gasteiger charge is -2.63. The number of esters is 1. The third-order valence-electron chi connectivity index (χ3n) is 11.4. The summed E-state index contributed by atoms with van der Waals surface area (Å²) in [5, 5.41) is 9.22. The quantitative estimate of drug-likeness (QED) is 0.525. The van der Waals surface area contributed by atoms with Crippen LogP contribution in [-0.4, -0.2) is 34.5 Å². The van der Waals surface area contributed by atoms with Gasteiger partial charge in [-0.05, 0) is 92.3 Å². The number of carbonyl (C=O) groups is 3. The summed E-state index contributed by atoms with van der Waals surface area (Å²) in [5.74, 6) is 0.515. The summed E-state index contributed by atoms with van der Waals surface area (Å²) in [6.07, 6.45) is 8.05. The van der Waals surface area contributed by atoms with Crippen LogP contribution in [-0.2, 0) is 19.1 Å². The van der Waals surface area contributed by atoms with Crippen molar-refractivity contribution in [2.24, 2.45) is 52.1 Å². The molecule has 192 valence electrons. The molecular formula is C28H45NO5. The molecule has 10 atom stereocenters. The van der Waals surface area contributed by atoms with Gasteiger partial charge in [0, 0.05) is 30.7 Å². The molecule has 4 fully saturated rings. The fraction of sp³-hybridized carbons (Fsp3) is 0.893. The van der Waals surface area contributed by atoms with Crippen LogP contribution in [0.5, 0.6) is 0 Å². The van der Waals surface area contributed by atoms with Crippen molar-refractivity contribution >= 4 is 17.7 Å². The molecule has 4 unspecified atom stereocenters. The van der Waals surface area contributed by atoms with E-state index in [4.69, 9.17) is 10.5 Å². The van der Waals surface area contributed by atoms with E-state index in [1.165, 1.54) is 6.92 Å². The van der Waals surface area contributed by atoms with Crippen molar-refractivity contribution in [2.45, 2.75) is 110 Å². The molecule has 4 aliphatic rings. The van der Waals surface area contributed by atoms with Crippen LogP contribution in [0.25, 0.3) is 0 Å². The number of hydrogen-bond donors (Lipinski definition) is 2. The Kier molecular flexibility index (Phi) is 6.72. The first-order chi connectivity index (χ1) is 15.9. The van der Waals surface area contributed by atoms with Crippen LogP contribution in [0, 0.1) is 46.3 Å².